The van der Waals surface area contributed by atoms with Crippen LogP contribution in [0.1, 0.15) is 27.2 Å². The lowest BCUT2D eigenvalue weighted by Gasteiger charge is -2.14. The van der Waals surface area contributed by atoms with Gasteiger partial charge in [-0.15, -0.1) is 0 Å². The molecule has 11 nitrogen and oxygen atoms in total. The molecule has 0 bridgehead atoms. The van der Waals surface area contributed by atoms with Crippen molar-refractivity contribution in [3.8, 4) is 11.8 Å². The summed E-state index contributed by atoms with van der Waals surface area (Å²) >= 11 is 0. The molecule has 1 amide bonds. The number of halogens is 1. The molecule has 1 N–H and O–H groups in total. The van der Waals surface area contributed by atoms with Crippen molar-refractivity contribution in [3.63, 3.8) is 0 Å². The van der Waals surface area contributed by atoms with Crippen LogP contribution < -0.4 is 10.9 Å². The summed E-state index contributed by atoms with van der Waals surface area (Å²) in [5, 5.41) is 23.4. The number of nitro groups is 1. The molecule has 34 heavy (non-hydrogen) atoms. The number of carbonyl (C=O) groups excluding carboxylic acids is 2. The van der Waals surface area contributed by atoms with Crippen molar-refractivity contribution in [2.75, 3.05) is 12.4 Å². The number of aromatic nitrogens is 2. The Morgan fingerprint density at radius 2 is 2.00 bits per heavy atom. The van der Waals surface area contributed by atoms with Crippen LogP contribution in [-0.4, -0.2) is 33.0 Å². The molecule has 2 heterocycles. The van der Waals surface area contributed by atoms with Gasteiger partial charge in [-0.05, 0) is 37.6 Å². The first-order valence-electron chi connectivity index (χ1n) is 9.74. The normalized spacial score (nSPS) is 10.4. The standard InChI is InChI=1S/C22H18FN5O6/c1-12-13(2)27(16-6-4-5-15(23)8-16)20(17(12)9-24)25-19(29)11-26-10-14(22(31)34-3)7-18(21(26)30)28(32)33/h4-8,10H,11H2,1-3H3,(H,25,29). The highest BCUT2D eigenvalue weighted by Gasteiger charge is 2.24. The molecule has 0 saturated heterocycles. The predicted molar refractivity (Wildman–Crippen MR) is 117 cm³/mol. The van der Waals surface area contributed by atoms with Crippen molar-refractivity contribution in [2.45, 2.75) is 20.4 Å². The molecule has 0 fully saturated rings. The zero-order valence-electron chi connectivity index (χ0n) is 18.3. The first-order valence-corrected chi connectivity index (χ1v) is 9.74. The van der Waals surface area contributed by atoms with E-state index in [9.17, 15) is 34.2 Å². The molecule has 0 aliphatic heterocycles. The average molecular weight is 467 g/mol. The third kappa shape index (κ3) is 4.40. The summed E-state index contributed by atoms with van der Waals surface area (Å²) in [5.74, 6) is -2.24. The Morgan fingerprint density at radius 1 is 1.29 bits per heavy atom. The molecule has 1 aromatic carbocycles. The lowest BCUT2D eigenvalue weighted by molar-refractivity contribution is -0.386. The highest BCUT2D eigenvalue weighted by Crippen LogP contribution is 2.30. The van der Waals surface area contributed by atoms with Crippen LogP contribution in [0.15, 0.2) is 41.3 Å². The van der Waals surface area contributed by atoms with E-state index in [0.717, 1.165) is 19.4 Å². The van der Waals surface area contributed by atoms with Crippen molar-refractivity contribution >= 4 is 23.4 Å². The number of ether oxygens (including phenoxy) is 1. The molecular weight excluding hydrogens is 449 g/mol. The number of nitrogens with zero attached hydrogens (tertiary/aromatic N) is 4. The molecule has 0 atom stereocenters. The average Bonchev–Trinajstić information content (AvgIpc) is 3.03. The Bertz CT molecular complexity index is 1430. The van der Waals surface area contributed by atoms with Gasteiger partial charge in [0.1, 0.15) is 24.2 Å². The molecule has 3 rings (SSSR count). The minimum Gasteiger partial charge on any atom is -0.465 e. The topological polar surface area (TPSA) is 149 Å². The number of hydrogen-bond donors (Lipinski definition) is 1. The number of nitriles is 1. The highest BCUT2D eigenvalue weighted by atomic mass is 19.1. The second kappa shape index (κ2) is 9.37. The molecule has 0 aliphatic carbocycles. The van der Waals surface area contributed by atoms with Crippen LogP contribution >= 0.6 is 0 Å². The lowest BCUT2D eigenvalue weighted by atomic mass is 10.2. The fourth-order valence-electron chi connectivity index (χ4n) is 3.42. The second-order valence-electron chi connectivity index (χ2n) is 7.21. The molecule has 0 saturated carbocycles. The number of anilines is 1. The summed E-state index contributed by atoms with van der Waals surface area (Å²) in [6.07, 6.45) is 0.966. The van der Waals surface area contributed by atoms with Gasteiger partial charge in [-0.1, -0.05) is 6.07 Å². The van der Waals surface area contributed by atoms with E-state index in [0.29, 0.717) is 21.5 Å². The summed E-state index contributed by atoms with van der Waals surface area (Å²) in [6, 6.07) is 8.27. The number of nitrogens with one attached hydrogen (secondary N) is 1. The van der Waals surface area contributed by atoms with Gasteiger partial charge in [-0.2, -0.15) is 5.26 Å². The highest BCUT2D eigenvalue weighted by molar-refractivity contribution is 5.93. The number of benzene rings is 1. The zero-order valence-corrected chi connectivity index (χ0v) is 18.3. The molecule has 174 valence electrons. The lowest BCUT2D eigenvalue weighted by Crippen LogP contribution is -2.30. The third-order valence-corrected chi connectivity index (χ3v) is 5.15. The number of esters is 1. The number of carbonyl (C=O) groups is 2. The largest absolute Gasteiger partial charge is 0.465 e. The van der Waals surface area contributed by atoms with Gasteiger partial charge in [0.25, 0.3) is 0 Å². The van der Waals surface area contributed by atoms with Crippen LogP contribution in [0, 0.1) is 41.1 Å². The Morgan fingerprint density at radius 3 is 2.59 bits per heavy atom. The maximum Gasteiger partial charge on any atom is 0.339 e. The Hall–Kier alpha value is -4.79. The molecular formula is C22H18FN5O6. The minimum absolute atomic E-state index is 0.0415. The number of hydrogen-bond acceptors (Lipinski definition) is 7. The van der Waals surface area contributed by atoms with Crippen LogP contribution in [0.5, 0.6) is 0 Å². The predicted octanol–water partition coefficient (Wildman–Crippen LogP) is 2.60. The van der Waals surface area contributed by atoms with E-state index in [1.165, 1.54) is 22.8 Å². The Balaban J connectivity index is 2.05. The Kier molecular flexibility index (Phi) is 6.58. The van der Waals surface area contributed by atoms with Crippen molar-refractivity contribution in [1.82, 2.24) is 9.13 Å². The van der Waals surface area contributed by atoms with Crippen LogP contribution in [-0.2, 0) is 16.1 Å². The maximum atomic E-state index is 13.8. The van der Waals surface area contributed by atoms with E-state index >= 15 is 0 Å². The van der Waals surface area contributed by atoms with Crippen LogP contribution in [0.2, 0.25) is 0 Å². The molecule has 2 aromatic heterocycles. The van der Waals surface area contributed by atoms with Gasteiger partial charge in [-0.25, -0.2) is 9.18 Å². The zero-order chi connectivity index (χ0) is 25.2. The van der Waals surface area contributed by atoms with E-state index in [-0.39, 0.29) is 16.9 Å². The van der Waals surface area contributed by atoms with Gasteiger partial charge < -0.3 is 10.1 Å². The number of pyridine rings is 1. The molecule has 3 aromatic rings. The molecule has 12 heteroatoms. The summed E-state index contributed by atoms with van der Waals surface area (Å²) in [7, 11) is 1.06. The van der Waals surface area contributed by atoms with Gasteiger partial charge in [0.05, 0.1) is 28.8 Å². The van der Waals surface area contributed by atoms with Crippen LogP contribution in [0.4, 0.5) is 15.9 Å². The summed E-state index contributed by atoms with van der Waals surface area (Å²) in [4.78, 5) is 47.4. The second-order valence-corrected chi connectivity index (χ2v) is 7.21. The molecule has 0 unspecified atom stereocenters. The first-order chi connectivity index (χ1) is 16.1. The monoisotopic (exact) mass is 467 g/mol. The Labute approximate surface area is 191 Å². The van der Waals surface area contributed by atoms with Crippen molar-refractivity contribution in [2.24, 2.45) is 0 Å². The van der Waals surface area contributed by atoms with Gasteiger partial charge >= 0.3 is 17.2 Å². The smallest absolute Gasteiger partial charge is 0.339 e. The maximum absolute atomic E-state index is 13.8. The van der Waals surface area contributed by atoms with Gasteiger partial charge in [0.15, 0.2) is 0 Å². The molecule has 0 spiro atoms. The summed E-state index contributed by atoms with van der Waals surface area (Å²) in [6.45, 7) is 2.64. The summed E-state index contributed by atoms with van der Waals surface area (Å²) < 4.78 is 20.6. The van der Waals surface area contributed by atoms with Crippen LogP contribution in [0.3, 0.4) is 0 Å². The first kappa shape index (κ1) is 23.9. The van der Waals surface area contributed by atoms with E-state index in [1.54, 1.807) is 19.9 Å². The van der Waals surface area contributed by atoms with Crippen LogP contribution in [0.25, 0.3) is 5.69 Å². The molecule has 0 radical (unpaired) electrons. The minimum atomic E-state index is -1.11. The fraction of sp³-hybridized carbons (Fsp3) is 0.182. The SMILES string of the molecule is COC(=O)c1cc([N+](=O)[O-])c(=O)n(CC(=O)Nc2c(C#N)c(C)c(C)n2-c2cccc(F)c2)c1. The van der Waals surface area contributed by atoms with Gasteiger partial charge in [-0.3, -0.25) is 28.8 Å². The molecule has 0 aliphatic rings. The van der Waals surface area contributed by atoms with E-state index in [1.807, 2.05) is 6.07 Å². The van der Waals surface area contributed by atoms with Gasteiger partial charge in [0.2, 0.25) is 5.91 Å². The van der Waals surface area contributed by atoms with E-state index < -0.39 is 40.4 Å². The van der Waals surface area contributed by atoms with Gasteiger partial charge in [0, 0.05) is 18.0 Å². The third-order valence-electron chi connectivity index (χ3n) is 5.15. The number of rotatable bonds is 6. The van der Waals surface area contributed by atoms with E-state index in [4.69, 9.17) is 0 Å². The van der Waals surface area contributed by atoms with Crippen molar-refractivity contribution < 1.29 is 23.6 Å². The van der Waals surface area contributed by atoms with Crippen molar-refractivity contribution in [3.05, 3.63) is 85.2 Å². The number of amides is 1. The fourth-order valence-corrected chi connectivity index (χ4v) is 3.42. The van der Waals surface area contributed by atoms with E-state index in [2.05, 4.69) is 10.1 Å². The number of methoxy groups -OCH3 is 1. The quantitative estimate of drug-likeness (QED) is 0.333. The van der Waals surface area contributed by atoms with Crippen molar-refractivity contribution in [1.29, 1.82) is 5.26 Å². The summed E-state index contributed by atoms with van der Waals surface area (Å²) in [5.41, 5.74) is -0.742.